The number of aromatic carboxylic acids is 2. The molecule has 0 aliphatic heterocycles. The summed E-state index contributed by atoms with van der Waals surface area (Å²) in [6.45, 7) is 3.64. The number of carbonyl (C=O) groups is 2. The molecule has 0 bridgehead atoms. The largest absolute Gasteiger partial charge is 2.00 e. The van der Waals surface area contributed by atoms with Crippen LogP contribution in [0.4, 0.5) is 0 Å². The molecule has 0 aromatic heterocycles. The molecule has 2 N–H and O–H groups in total. The van der Waals surface area contributed by atoms with Gasteiger partial charge in [0.25, 0.3) is 0 Å². The molecule has 0 spiro atoms. The predicted molar refractivity (Wildman–Crippen MR) is 83.6 cm³/mol. The summed E-state index contributed by atoms with van der Waals surface area (Å²) in [4.78, 5) is 21.0. The maximum Gasteiger partial charge on any atom is 2.00 e. The van der Waals surface area contributed by atoms with Gasteiger partial charge in [0.15, 0.2) is 0 Å². The third-order valence-corrected chi connectivity index (χ3v) is 3.38. The maximum absolute atomic E-state index is 10.5. The maximum atomic E-state index is 10.5. The molecule has 6 nitrogen and oxygen atoms in total. The van der Waals surface area contributed by atoms with Gasteiger partial charge >= 0.3 is 19.5 Å². The van der Waals surface area contributed by atoms with Crippen LogP contribution < -0.4 is 10.2 Å². The Labute approximate surface area is 158 Å². The number of benzene rings is 2. The fourth-order valence-corrected chi connectivity index (χ4v) is 2.14. The monoisotopic (exact) mass is 394 g/mol. The number of carboxylic acid groups (broad SMARTS) is 2. The fraction of sp³-hybridized carbons (Fsp3) is 0.222. The van der Waals surface area contributed by atoms with Gasteiger partial charge in [0, 0.05) is 11.1 Å². The molecule has 0 aliphatic rings. The van der Waals surface area contributed by atoms with Crippen molar-refractivity contribution >= 4 is 11.9 Å². The zero-order valence-electron chi connectivity index (χ0n) is 14.1. The van der Waals surface area contributed by atoms with Gasteiger partial charge in [-0.3, -0.25) is 0 Å². The Morgan fingerprint density at radius 2 is 1.12 bits per heavy atom. The first kappa shape index (κ1) is 22.6. The predicted octanol–water partition coefficient (Wildman–Crippen LogP) is 0.634. The third kappa shape index (κ3) is 6.55. The number of phenols is 2. The van der Waals surface area contributed by atoms with Crippen LogP contribution in [-0.2, 0) is 32.3 Å². The number of carboxylic acids is 2. The van der Waals surface area contributed by atoms with Crippen molar-refractivity contribution in [2.75, 3.05) is 0 Å². The number of hydrogen-bond acceptors (Lipinski definition) is 6. The molecular formula is C18H18O6Zn. The van der Waals surface area contributed by atoms with E-state index in [0.29, 0.717) is 24.0 Å². The second-order valence-electron chi connectivity index (χ2n) is 4.96. The average Bonchev–Trinajstić information content (AvgIpc) is 2.54. The van der Waals surface area contributed by atoms with E-state index in [1.54, 1.807) is 0 Å². The number of rotatable bonds is 4. The molecule has 2 aromatic rings. The molecular weight excluding hydrogens is 378 g/mol. The van der Waals surface area contributed by atoms with Gasteiger partial charge in [-0.05, 0) is 60.4 Å². The molecule has 0 radical (unpaired) electrons. The number of hydrogen-bond donors (Lipinski definition) is 2. The van der Waals surface area contributed by atoms with E-state index >= 15 is 0 Å². The molecule has 0 amide bonds. The number of aromatic hydroxyl groups is 2. The van der Waals surface area contributed by atoms with Crippen LogP contribution in [0.1, 0.15) is 45.7 Å². The number of aryl methyl sites for hydroxylation is 2. The van der Waals surface area contributed by atoms with Gasteiger partial charge in [-0.25, -0.2) is 0 Å². The van der Waals surface area contributed by atoms with Crippen LogP contribution in [0, 0.1) is 0 Å². The van der Waals surface area contributed by atoms with E-state index in [1.165, 1.54) is 36.4 Å². The van der Waals surface area contributed by atoms with Gasteiger partial charge < -0.3 is 30.0 Å². The molecule has 7 heteroatoms. The molecule has 2 rings (SSSR count). The van der Waals surface area contributed by atoms with Crippen LogP contribution in [0.5, 0.6) is 11.5 Å². The second-order valence-corrected chi connectivity index (χ2v) is 4.96. The normalized spacial score (nSPS) is 9.36. The molecule has 0 atom stereocenters. The van der Waals surface area contributed by atoms with Crippen molar-refractivity contribution in [3.8, 4) is 11.5 Å². The van der Waals surface area contributed by atoms with Crippen molar-refractivity contribution in [1.29, 1.82) is 0 Å². The van der Waals surface area contributed by atoms with Gasteiger partial charge in [0.1, 0.15) is 11.5 Å². The first-order valence-electron chi connectivity index (χ1n) is 7.36. The Morgan fingerprint density at radius 3 is 1.36 bits per heavy atom. The number of phenolic OH excluding ortho intramolecular Hbond substituents is 2. The summed E-state index contributed by atoms with van der Waals surface area (Å²) in [5.74, 6) is -2.24. The van der Waals surface area contributed by atoms with Gasteiger partial charge in [0.2, 0.25) is 0 Å². The van der Waals surface area contributed by atoms with Crippen LogP contribution in [0.2, 0.25) is 0 Å². The summed E-state index contributed by atoms with van der Waals surface area (Å²) < 4.78 is 0. The first-order chi connectivity index (χ1) is 11.3. The van der Waals surface area contributed by atoms with Gasteiger partial charge in [-0.2, -0.15) is 0 Å². The van der Waals surface area contributed by atoms with Crippen LogP contribution in [0.3, 0.4) is 0 Å². The van der Waals surface area contributed by atoms with Crippen molar-refractivity contribution in [3.05, 3.63) is 58.7 Å². The molecule has 0 aliphatic carbocycles. The van der Waals surface area contributed by atoms with Gasteiger partial charge in [0.05, 0.1) is 11.9 Å². The van der Waals surface area contributed by atoms with Crippen molar-refractivity contribution in [1.82, 2.24) is 0 Å². The molecule has 0 unspecified atom stereocenters. The quantitative estimate of drug-likeness (QED) is 0.733. The van der Waals surface area contributed by atoms with Crippen LogP contribution in [0.25, 0.3) is 0 Å². The Balaban J connectivity index is 0.000000443. The van der Waals surface area contributed by atoms with Crippen molar-refractivity contribution in [2.24, 2.45) is 0 Å². The van der Waals surface area contributed by atoms with E-state index < -0.39 is 11.9 Å². The SMILES string of the molecule is CCc1cc(O)ccc1C(=O)[O-].CCc1cc(O)ccc1C(=O)[O-].[Zn+2]. The van der Waals surface area contributed by atoms with E-state index in [9.17, 15) is 19.8 Å². The Morgan fingerprint density at radius 1 is 0.800 bits per heavy atom. The molecule has 25 heavy (non-hydrogen) atoms. The van der Waals surface area contributed by atoms with E-state index in [4.69, 9.17) is 10.2 Å². The number of carbonyl (C=O) groups excluding carboxylic acids is 2. The summed E-state index contributed by atoms with van der Waals surface area (Å²) in [7, 11) is 0. The minimum atomic E-state index is -1.20. The molecule has 128 valence electrons. The molecule has 0 saturated carbocycles. The zero-order chi connectivity index (χ0) is 18.3. The van der Waals surface area contributed by atoms with E-state index in [-0.39, 0.29) is 42.1 Å². The Kier molecular flexibility index (Phi) is 9.46. The fourth-order valence-electron chi connectivity index (χ4n) is 2.14. The Hall–Kier alpha value is -2.40. The van der Waals surface area contributed by atoms with E-state index in [2.05, 4.69) is 0 Å². The third-order valence-electron chi connectivity index (χ3n) is 3.38. The summed E-state index contributed by atoms with van der Waals surface area (Å²) in [5, 5.41) is 39.1. The molecule has 2 aromatic carbocycles. The minimum Gasteiger partial charge on any atom is -0.545 e. The standard InChI is InChI=1S/2C9H10O3.Zn/c2*1-2-6-5-7(10)3-4-8(6)9(11)12;/h2*3-5,10H,2H2,1H3,(H,11,12);/q;;+2/p-2. The van der Waals surface area contributed by atoms with Crippen LogP contribution >= 0.6 is 0 Å². The molecule has 0 fully saturated rings. The average molecular weight is 396 g/mol. The van der Waals surface area contributed by atoms with Crippen LogP contribution in [0.15, 0.2) is 36.4 Å². The van der Waals surface area contributed by atoms with Crippen molar-refractivity contribution in [3.63, 3.8) is 0 Å². The summed E-state index contributed by atoms with van der Waals surface area (Å²) >= 11 is 0. The van der Waals surface area contributed by atoms with Crippen molar-refractivity contribution in [2.45, 2.75) is 26.7 Å². The molecule has 0 saturated heterocycles. The second kappa shape index (κ2) is 10.5. The van der Waals surface area contributed by atoms with Crippen LogP contribution in [-0.4, -0.2) is 22.2 Å². The Bertz CT molecular complexity index is 679. The molecule has 0 heterocycles. The minimum absolute atomic E-state index is 0. The smallest absolute Gasteiger partial charge is 0.545 e. The van der Waals surface area contributed by atoms with Gasteiger partial charge in [-0.1, -0.05) is 13.8 Å². The summed E-state index contributed by atoms with van der Waals surface area (Å²) in [6.07, 6.45) is 1.13. The van der Waals surface area contributed by atoms with Crippen molar-refractivity contribution < 1.29 is 49.5 Å². The first-order valence-corrected chi connectivity index (χ1v) is 7.36. The van der Waals surface area contributed by atoms with Gasteiger partial charge in [-0.15, -0.1) is 0 Å². The topological polar surface area (TPSA) is 121 Å². The summed E-state index contributed by atoms with van der Waals surface area (Å²) in [6, 6.07) is 8.25. The van der Waals surface area contributed by atoms with E-state index in [0.717, 1.165) is 0 Å². The van der Waals surface area contributed by atoms with E-state index in [1.807, 2.05) is 13.8 Å². The zero-order valence-corrected chi connectivity index (χ0v) is 17.1. The summed E-state index contributed by atoms with van der Waals surface area (Å²) in [5.41, 5.74) is 1.48.